The molecular weight excluding hydrogens is 493 g/mol. The minimum Gasteiger partial charge on any atom is -0.385 e. The van der Waals surface area contributed by atoms with Crippen molar-refractivity contribution >= 4 is 29.9 Å². The quantitative estimate of drug-likeness (QED) is 0.275. The Kier molecular flexibility index (Phi) is 8.75. The van der Waals surface area contributed by atoms with Crippen molar-refractivity contribution in [2.24, 2.45) is 12.0 Å². The van der Waals surface area contributed by atoms with E-state index in [9.17, 15) is 8.78 Å². The summed E-state index contributed by atoms with van der Waals surface area (Å²) in [6.45, 7) is 4.58. The van der Waals surface area contributed by atoms with Gasteiger partial charge in [0.1, 0.15) is 24.0 Å². The molecule has 1 N–H and O–H groups in total. The molecule has 0 bridgehead atoms. The molecule has 0 spiro atoms. The molecule has 0 fully saturated rings. The summed E-state index contributed by atoms with van der Waals surface area (Å²) in [4.78, 5) is 6.70. The molecule has 1 aromatic carbocycles. The number of hydrogen-bond acceptors (Lipinski definition) is 4. The first-order valence-electron chi connectivity index (χ1n) is 9.33. The molecule has 0 unspecified atom stereocenters. The number of aromatic nitrogens is 3. The van der Waals surface area contributed by atoms with Gasteiger partial charge >= 0.3 is 0 Å². The van der Waals surface area contributed by atoms with Crippen LogP contribution >= 0.6 is 24.0 Å². The number of methoxy groups -OCH3 is 1. The Balaban J connectivity index is 0.00000300. The fourth-order valence-electron chi connectivity index (χ4n) is 3.21. The van der Waals surface area contributed by atoms with Gasteiger partial charge in [0.2, 0.25) is 0 Å². The number of benzene rings is 1. The van der Waals surface area contributed by atoms with E-state index in [0.717, 1.165) is 24.1 Å². The zero-order valence-electron chi connectivity index (χ0n) is 16.9. The first-order valence-corrected chi connectivity index (χ1v) is 9.33. The maximum Gasteiger partial charge on any atom is 0.194 e. The van der Waals surface area contributed by atoms with Crippen LogP contribution in [0.4, 0.5) is 8.78 Å². The van der Waals surface area contributed by atoms with Crippen molar-refractivity contribution in [2.45, 2.75) is 32.9 Å². The van der Waals surface area contributed by atoms with Crippen LogP contribution in [0, 0.1) is 18.6 Å². The molecule has 2 heterocycles. The van der Waals surface area contributed by atoms with Gasteiger partial charge in [0, 0.05) is 46.5 Å². The van der Waals surface area contributed by atoms with Gasteiger partial charge in [-0.2, -0.15) is 0 Å². The van der Waals surface area contributed by atoms with E-state index in [0.29, 0.717) is 56.3 Å². The predicted molar refractivity (Wildman–Crippen MR) is 117 cm³/mol. The summed E-state index contributed by atoms with van der Waals surface area (Å²) in [6, 6.07) is 2.35. The van der Waals surface area contributed by atoms with Crippen molar-refractivity contribution in [1.82, 2.24) is 25.0 Å². The second kappa shape index (κ2) is 10.8. The molecular formula is C19H27F2IN6O. The van der Waals surface area contributed by atoms with Crippen molar-refractivity contribution in [3.05, 3.63) is 46.5 Å². The van der Waals surface area contributed by atoms with E-state index in [2.05, 4.69) is 20.5 Å². The lowest BCUT2D eigenvalue weighted by molar-refractivity contribution is 0.195. The van der Waals surface area contributed by atoms with Crippen LogP contribution in [0.25, 0.3) is 0 Å². The Hall–Kier alpha value is -1.82. The van der Waals surface area contributed by atoms with E-state index in [1.807, 2.05) is 23.4 Å². The number of fused-ring (bicyclic) bond motifs is 1. The first-order chi connectivity index (χ1) is 13.5. The van der Waals surface area contributed by atoms with Gasteiger partial charge in [0.15, 0.2) is 11.8 Å². The van der Waals surface area contributed by atoms with Crippen LogP contribution in [-0.2, 0) is 31.3 Å². The number of nitrogens with one attached hydrogen (secondary N) is 1. The monoisotopic (exact) mass is 520 g/mol. The van der Waals surface area contributed by atoms with Crippen molar-refractivity contribution in [3.8, 4) is 0 Å². The highest BCUT2D eigenvalue weighted by Gasteiger charge is 2.22. The molecule has 10 heteroatoms. The summed E-state index contributed by atoms with van der Waals surface area (Å²) in [5, 5.41) is 11.5. The number of guanidine groups is 1. The Morgan fingerprint density at radius 2 is 2.10 bits per heavy atom. The Bertz CT molecular complexity index is 857. The van der Waals surface area contributed by atoms with Crippen LogP contribution < -0.4 is 5.32 Å². The molecule has 0 saturated heterocycles. The highest BCUT2D eigenvalue weighted by molar-refractivity contribution is 14.0. The van der Waals surface area contributed by atoms with E-state index in [1.165, 1.54) is 6.07 Å². The number of halogens is 3. The lowest BCUT2D eigenvalue weighted by atomic mass is 9.99. The summed E-state index contributed by atoms with van der Waals surface area (Å²) in [7, 11) is 3.56. The molecule has 160 valence electrons. The highest BCUT2D eigenvalue weighted by Crippen LogP contribution is 2.23. The highest BCUT2D eigenvalue weighted by atomic mass is 127. The maximum absolute atomic E-state index is 14.0. The molecule has 1 aliphatic rings. The van der Waals surface area contributed by atoms with Gasteiger partial charge in [-0.05, 0) is 37.0 Å². The lowest BCUT2D eigenvalue weighted by Gasteiger charge is -2.32. The number of nitrogens with zero attached hydrogens (tertiary/aromatic N) is 5. The second-order valence-electron chi connectivity index (χ2n) is 6.83. The third kappa shape index (κ3) is 5.84. The van der Waals surface area contributed by atoms with Crippen molar-refractivity contribution in [1.29, 1.82) is 0 Å². The first kappa shape index (κ1) is 23.5. The minimum absolute atomic E-state index is 0. The molecule has 0 atom stereocenters. The molecule has 2 aromatic rings. The van der Waals surface area contributed by atoms with Gasteiger partial charge in [-0.1, -0.05) is 0 Å². The topological polar surface area (TPSA) is 67.6 Å². The van der Waals surface area contributed by atoms with Gasteiger partial charge in [-0.15, -0.1) is 34.2 Å². The number of ether oxygens (including phenoxy) is 1. The molecule has 0 radical (unpaired) electrons. The largest absolute Gasteiger partial charge is 0.385 e. The van der Waals surface area contributed by atoms with Crippen molar-refractivity contribution in [3.63, 3.8) is 0 Å². The fraction of sp³-hybridized carbons (Fsp3) is 0.526. The predicted octanol–water partition coefficient (Wildman–Crippen LogP) is 2.56. The molecule has 7 nitrogen and oxygen atoms in total. The molecule has 0 saturated carbocycles. The van der Waals surface area contributed by atoms with E-state index < -0.39 is 11.6 Å². The summed E-state index contributed by atoms with van der Waals surface area (Å²) in [5.41, 5.74) is 1.24. The van der Waals surface area contributed by atoms with Crippen LogP contribution in [0.15, 0.2) is 17.1 Å². The summed E-state index contributed by atoms with van der Waals surface area (Å²) in [5.74, 6) is 1.22. The molecule has 1 aromatic heterocycles. The van der Waals surface area contributed by atoms with Crippen LogP contribution in [0.2, 0.25) is 0 Å². The third-order valence-electron chi connectivity index (χ3n) is 4.91. The lowest BCUT2D eigenvalue weighted by Crippen LogP contribution is -2.44. The van der Waals surface area contributed by atoms with E-state index in [-0.39, 0.29) is 24.0 Å². The number of aliphatic imine (C=N–C) groups is 1. The van der Waals surface area contributed by atoms with Gasteiger partial charge in [0.05, 0.1) is 0 Å². The molecule has 0 aliphatic carbocycles. The maximum atomic E-state index is 14.0. The van der Waals surface area contributed by atoms with Crippen molar-refractivity contribution < 1.29 is 13.5 Å². The average Bonchev–Trinajstić information content (AvgIpc) is 2.99. The fourth-order valence-corrected chi connectivity index (χ4v) is 3.21. The van der Waals surface area contributed by atoms with E-state index in [4.69, 9.17) is 4.74 Å². The second-order valence-corrected chi connectivity index (χ2v) is 6.83. The summed E-state index contributed by atoms with van der Waals surface area (Å²) in [6.07, 6.45) is 1.33. The van der Waals surface area contributed by atoms with Gasteiger partial charge in [-0.25, -0.2) is 13.8 Å². The average molecular weight is 520 g/mol. The summed E-state index contributed by atoms with van der Waals surface area (Å²) >= 11 is 0. The SMILES string of the molecule is COCCCNC(=NCc1nnc(C)n1C)N1CCc2c(F)cc(F)cc2C1.I. The zero-order chi connectivity index (χ0) is 20.1. The molecule has 29 heavy (non-hydrogen) atoms. The van der Waals surface area contributed by atoms with Crippen molar-refractivity contribution in [2.75, 3.05) is 26.8 Å². The van der Waals surface area contributed by atoms with Crippen LogP contribution in [0.3, 0.4) is 0 Å². The van der Waals surface area contributed by atoms with Gasteiger partial charge < -0.3 is 19.5 Å². The zero-order valence-corrected chi connectivity index (χ0v) is 19.2. The molecule has 1 aliphatic heterocycles. The normalized spacial score (nSPS) is 13.8. The number of rotatable bonds is 6. The van der Waals surface area contributed by atoms with Crippen LogP contribution in [0.5, 0.6) is 0 Å². The Morgan fingerprint density at radius 3 is 2.79 bits per heavy atom. The molecule has 3 rings (SSSR count). The third-order valence-corrected chi connectivity index (χ3v) is 4.91. The minimum atomic E-state index is -0.556. The van der Waals surface area contributed by atoms with E-state index >= 15 is 0 Å². The Morgan fingerprint density at radius 1 is 1.31 bits per heavy atom. The van der Waals surface area contributed by atoms with Crippen LogP contribution in [-0.4, -0.2) is 52.4 Å². The number of aryl methyl sites for hydroxylation is 1. The molecule has 0 amide bonds. The van der Waals surface area contributed by atoms with Gasteiger partial charge in [-0.3, -0.25) is 0 Å². The standard InChI is InChI=1S/C19H26F2N6O.HI/c1-13-24-25-18(26(13)2)11-23-19(22-6-4-8-28-3)27-7-5-16-14(12-27)9-15(20)10-17(16)21;/h9-10H,4-8,11-12H2,1-3H3,(H,22,23);1H. The summed E-state index contributed by atoms with van der Waals surface area (Å²) < 4.78 is 34.7. The van der Waals surface area contributed by atoms with E-state index in [1.54, 1.807) is 7.11 Å². The number of hydrogen-bond donors (Lipinski definition) is 1. The van der Waals surface area contributed by atoms with Gasteiger partial charge in [0.25, 0.3) is 0 Å². The Labute approximate surface area is 186 Å². The smallest absolute Gasteiger partial charge is 0.194 e. The van der Waals surface area contributed by atoms with Crippen LogP contribution in [0.1, 0.15) is 29.2 Å².